The van der Waals surface area contributed by atoms with Crippen LogP contribution >= 0.6 is 34.9 Å². The molecule has 5 nitrogen and oxygen atoms in total. The lowest BCUT2D eigenvalue weighted by molar-refractivity contribution is 0.951. The molecule has 0 atom stereocenters. The highest BCUT2D eigenvalue weighted by atomic mass is 32.2. The molecule has 3 aromatic heterocycles. The Bertz CT molecular complexity index is 843. The minimum absolute atomic E-state index is 0.0456. The minimum Gasteiger partial charge on any atom is -0.269 e. The van der Waals surface area contributed by atoms with E-state index in [0.717, 1.165) is 20.1 Å². The Morgan fingerprint density at radius 3 is 2.86 bits per heavy atom. The van der Waals surface area contributed by atoms with Gasteiger partial charge >= 0.3 is 0 Å². The van der Waals surface area contributed by atoms with Crippen molar-refractivity contribution in [2.24, 2.45) is 0 Å². The van der Waals surface area contributed by atoms with Crippen LogP contribution in [0.1, 0.15) is 11.4 Å². The second kappa shape index (κ2) is 6.17. The number of fused-ring (bicyclic) bond motifs is 1. The van der Waals surface area contributed by atoms with Crippen LogP contribution in [0.3, 0.4) is 0 Å². The summed E-state index contributed by atoms with van der Waals surface area (Å²) in [5.41, 5.74) is 2.28. The highest BCUT2D eigenvalue weighted by Crippen LogP contribution is 2.29. The number of hydrogen-bond acceptors (Lipinski definition) is 7. The predicted molar refractivity (Wildman–Crippen MR) is 87.5 cm³/mol. The number of hydrogen-bond donors (Lipinski definition) is 0. The van der Waals surface area contributed by atoms with Gasteiger partial charge in [0.1, 0.15) is 5.65 Å². The van der Waals surface area contributed by atoms with E-state index in [4.69, 9.17) is 0 Å². The first kappa shape index (κ1) is 14.6. The van der Waals surface area contributed by atoms with E-state index in [9.17, 15) is 4.79 Å². The maximum Gasteiger partial charge on any atom is 0.258 e. The summed E-state index contributed by atoms with van der Waals surface area (Å²) in [4.78, 5) is 16.7. The van der Waals surface area contributed by atoms with Crippen molar-refractivity contribution in [1.82, 2.24) is 19.6 Å². The third-order valence-corrected chi connectivity index (χ3v) is 5.90. The summed E-state index contributed by atoms with van der Waals surface area (Å²) in [7, 11) is 0. The van der Waals surface area contributed by atoms with Crippen molar-refractivity contribution in [2.45, 2.75) is 21.4 Å². The van der Waals surface area contributed by atoms with Gasteiger partial charge in [-0.05, 0) is 25.3 Å². The van der Waals surface area contributed by atoms with E-state index in [-0.39, 0.29) is 5.56 Å². The van der Waals surface area contributed by atoms with Crippen LogP contribution in [0, 0.1) is 6.92 Å². The summed E-state index contributed by atoms with van der Waals surface area (Å²) < 4.78 is 3.45. The van der Waals surface area contributed by atoms with Crippen LogP contribution in [0.2, 0.25) is 0 Å². The molecular formula is C13H12N4OS3. The quantitative estimate of drug-likeness (QED) is 0.683. The second-order valence-electron chi connectivity index (χ2n) is 4.27. The van der Waals surface area contributed by atoms with E-state index in [2.05, 4.69) is 15.2 Å². The zero-order valence-electron chi connectivity index (χ0n) is 11.4. The molecule has 3 heterocycles. The molecule has 0 aromatic carbocycles. The van der Waals surface area contributed by atoms with Crippen LogP contribution < -0.4 is 5.56 Å². The molecule has 0 saturated heterocycles. The molecule has 3 aromatic rings. The van der Waals surface area contributed by atoms with Crippen LogP contribution in [0.25, 0.3) is 5.65 Å². The molecule has 8 heteroatoms. The standard InChI is InChI=1S/C13H12N4OS3/c1-8-4-3-5-10-14-9(6-11(18)17(8)10)7-20-13-16-15-12(19-2)21-13/h3-6H,7H2,1-2H3. The van der Waals surface area contributed by atoms with E-state index in [1.807, 2.05) is 31.4 Å². The number of aryl methyl sites for hydroxylation is 1. The van der Waals surface area contributed by atoms with E-state index < -0.39 is 0 Å². The molecule has 0 aliphatic rings. The molecule has 3 rings (SSSR count). The zero-order chi connectivity index (χ0) is 14.8. The minimum atomic E-state index is -0.0456. The van der Waals surface area contributed by atoms with E-state index >= 15 is 0 Å². The molecule has 0 unspecified atom stereocenters. The fourth-order valence-corrected chi connectivity index (χ4v) is 4.24. The second-order valence-corrected chi connectivity index (χ2v) is 7.53. The lowest BCUT2D eigenvalue weighted by atomic mass is 10.3. The fourth-order valence-electron chi connectivity index (χ4n) is 1.91. The molecule has 0 N–H and O–H groups in total. The van der Waals surface area contributed by atoms with Crippen molar-refractivity contribution < 1.29 is 0 Å². The van der Waals surface area contributed by atoms with Crippen molar-refractivity contribution in [3.8, 4) is 0 Å². The molecule has 0 bridgehead atoms. The SMILES string of the molecule is CSc1nnc(SCc2cc(=O)n3c(C)cccc3n2)s1. The monoisotopic (exact) mass is 336 g/mol. The van der Waals surface area contributed by atoms with Crippen LogP contribution in [-0.4, -0.2) is 25.8 Å². The smallest absolute Gasteiger partial charge is 0.258 e. The largest absolute Gasteiger partial charge is 0.269 e. The van der Waals surface area contributed by atoms with Gasteiger partial charge in [-0.25, -0.2) is 4.98 Å². The normalized spacial score (nSPS) is 11.1. The van der Waals surface area contributed by atoms with Crippen molar-refractivity contribution in [2.75, 3.05) is 6.26 Å². The molecule has 0 spiro atoms. The van der Waals surface area contributed by atoms with Crippen molar-refractivity contribution in [1.29, 1.82) is 0 Å². The Kier molecular flexibility index (Phi) is 4.27. The molecule has 0 saturated carbocycles. The summed E-state index contributed by atoms with van der Waals surface area (Å²) in [5, 5.41) is 8.15. The molecule has 0 fully saturated rings. The number of nitrogens with zero attached hydrogens (tertiary/aromatic N) is 4. The predicted octanol–water partition coefficient (Wildman–Crippen LogP) is 2.87. The molecule has 0 aliphatic carbocycles. The number of pyridine rings is 1. The average molecular weight is 336 g/mol. The van der Waals surface area contributed by atoms with Gasteiger partial charge in [-0.1, -0.05) is 40.9 Å². The fraction of sp³-hybridized carbons (Fsp3) is 0.231. The van der Waals surface area contributed by atoms with E-state index in [1.165, 1.54) is 0 Å². The van der Waals surface area contributed by atoms with Crippen LogP contribution in [0.5, 0.6) is 0 Å². The molecule has 0 radical (unpaired) electrons. The summed E-state index contributed by atoms with van der Waals surface area (Å²) in [5.74, 6) is 0.614. The molecule has 0 aliphatic heterocycles. The Morgan fingerprint density at radius 2 is 2.10 bits per heavy atom. The average Bonchev–Trinajstić information content (AvgIpc) is 2.93. The van der Waals surface area contributed by atoms with Crippen LogP contribution in [0.15, 0.2) is 37.7 Å². The molecule has 0 amide bonds. The zero-order valence-corrected chi connectivity index (χ0v) is 13.9. The molecule has 108 valence electrons. The van der Waals surface area contributed by atoms with Gasteiger partial charge in [-0.15, -0.1) is 10.2 Å². The maximum atomic E-state index is 12.2. The first-order valence-electron chi connectivity index (χ1n) is 6.16. The van der Waals surface area contributed by atoms with Gasteiger partial charge in [-0.2, -0.15) is 0 Å². The first-order chi connectivity index (χ1) is 10.2. The summed E-state index contributed by atoms with van der Waals surface area (Å²) in [6.45, 7) is 1.90. The lowest BCUT2D eigenvalue weighted by Gasteiger charge is -2.05. The molecule has 21 heavy (non-hydrogen) atoms. The van der Waals surface area contributed by atoms with Gasteiger partial charge in [0.25, 0.3) is 5.56 Å². The Balaban J connectivity index is 1.86. The van der Waals surface area contributed by atoms with E-state index in [0.29, 0.717) is 11.4 Å². The topological polar surface area (TPSA) is 60.2 Å². The number of rotatable bonds is 4. The maximum absolute atomic E-state index is 12.2. The van der Waals surface area contributed by atoms with E-state index in [1.54, 1.807) is 45.3 Å². The van der Waals surface area contributed by atoms with Crippen molar-refractivity contribution in [3.63, 3.8) is 0 Å². The Labute approximate surface area is 133 Å². The van der Waals surface area contributed by atoms with Crippen molar-refractivity contribution >= 4 is 40.5 Å². The highest BCUT2D eigenvalue weighted by Gasteiger charge is 2.07. The lowest BCUT2D eigenvalue weighted by Crippen LogP contribution is -2.17. The third-order valence-electron chi connectivity index (χ3n) is 2.84. The number of thioether (sulfide) groups is 2. The third kappa shape index (κ3) is 3.12. The summed E-state index contributed by atoms with van der Waals surface area (Å²) in [6.07, 6.45) is 1.98. The molecular weight excluding hydrogens is 324 g/mol. The van der Waals surface area contributed by atoms with Crippen molar-refractivity contribution in [3.05, 3.63) is 46.0 Å². The van der Waals surface area contributed by atoms with Gasteiger partial charge in [0.2, 0.25) is 0 Å². The van der Waals surface area contributed by atoms with Crippen LogP contribution in [0.4, 0.5) is 0 Å². The first-order valence-corrected chi connectivity index (χ1v) is 9.18. The number of aromatic nitrogens is 4. The Hall–Kier alpha value is -1.38. The van der Waals surface area contributed by atoms with Gasteiger partial charge in [0.15, 0.2) is 8.68 Å². The Morgan fingerprint density at radius 1 is 1.29 bits per heavy atom. The van der Waals surface area contributed by atoms with Crippen LogP contribution in [-0.2, 0) is 5.75 Å². The van der Waals surface area contributed by atoms with Gasteiger partial charge in [-0.3, -0.25) is 9.20 Å². The highest BCUT2D eigenvalue weighted by molar-refractivity contribution is 8.02. The van der Waals surface area contributed by atoms with Gasteiger partial charge < -0.3 is 0 Å². The van der Waals surface area contributed by atoms with Gasteiger partial charge in [0.05, 0.1) is 5.69 Å². The summed E-state index contributed by atoms with van der Waals surface area (Å²) >= 11 is 4.69. The summed E-state index contributed by atoms with van der Waals surface area (Å²) in [6, 6.07) is 7.24. The van der Waals surface area contributed by atoms with Gasteiger partial charge in [0, 0.05) is 17.5 Å².